The normalized spacial score (nSPS) is 16.1. The molecule has 0 aromatic carbocycles. The van der Waals surface area contributed by atoms with Gasteiger partial charge in [-0.2, -0.15) is 0 Å². The molecule has 1 aliphatic carbocycles. The van der Waals surface area contributed by atoms with E-state index in [0.29, 0.717) is 5.92 Å². The Bertz CT molecular complexity index is 371. The lowest BCUT2D eigenvalue weighted by Gasteiger charge is -2.21. The molecule has 0 fully saturated rings. The quantitative estimate of drug-likeness (QED) is 0.536. The minimum absolute atomic E-state index is 0.580. The second kappa shape index (κ2) is 7.11. The van der Waals surface area contributed by atoms with Crippen LogP contribution in [-0.4, -0.2) is 0 Å². The molecule has 0 radical (unpaired) electrons. The highest BCUT2D eigenvalue weighted by Crippen LogP contribution is 2.33. The number of rotatable bonds is 6. The highest BCUT2D eigenvalue weighted by atomic mass is 14.2. The van der Waals surface area contributed by atoms with Gasteiger partial charge in [-0.3, -0.25) is 0 Å². The van der Waals surface area contributed by atoms with Gasteiger partial charge in [0.25, 0.3) is 0 Å². The number of hydrogen-bond acceptors (Lipinski definition) is 0. The van der Waals surface area contributed by atoms with E-state index in [-0.39, 0.29) is 0 Å². The second-order valence-corrected chi connectivity index (χ2v) is 4.77. The fourth-order valence-electron chi connectivity index (χ4n) is 2.35. The summed E-state index contributed by atoms with van der Waals surface area (Å²) < 4.78 is 0. The third-order valence-electron chi connectivity index (χ3n) is 3.19. The van der Waals surface area contributed by atoms with Crippen molar-refractivity contribution in [3.8, 4) is 0 Å². The van der Waals surface area contributed by atoms with Gasteiger partial charge in [-0.1, -0.05) is 67.5 Å². The van der Waals surface area contributed by atoms with E-state index in [4.69, 9.17) is 0 Å². The molecule has 0 bridgehead atoms. The van der Waals surface area contributed by atoms with Crippen molar-refractivity contribution >= 4 is 0 Å². The summed E-state index contributed by atoms with van der Waals surface area (Å²) in [6.45, 7) is 10.4. The van der Waals surface area contributed by atoms with Gasteiger partial charge in [0.1, 0.15) is 0 Å². The summed E-state index contributed by atoms with van der Waals surface area (Å²) in [7, 11) is 0. The molecule has 92 valence electrons. The van der Waals surface area contributed by atoms with Gasteiger partial charge in [0.15, 0.2) is 0 Å². The lowest BCUT2D eigenvalue weighted by molar-refractivity contribution is 0.624. The molecule has 0 aliphatic heterocycles. The summed E-state index contributed by atoms with van der Waals surface area (Å²) in [5.41, 5.74) is 4.42. The first-order chi connectivity index (χ1) is 8.20. The first-order valence-corrected chi connectivity index (χ1v) is 6.52. The molecule has 1 unspecified atom stereocenters. The molecular formula is C17H24. The van der Waals surface area contributed by atoms with E-state index in [2.05, 4.69) is 51.7 Å². The highest BCUT2D eigenvalue weighted by Gasteiger charge is 2.17. The van der Waals surface area contributed by atoms with Crippen molar-refractivity contribution in [2.24, 2.45) is 5.92 Å². The van der Waals surface area contributed by atoms with E-state index >= 15 is 0 Å². The zero-order chi connectivity index (χ0) is 12.7. The molecule has 0 amide bonds. The Morgan fingerprint density at radius 1 is 1.47 bits per heavy atom. The summed E-state index contributed by atoms with van der Waals surface area (Å²) >= 11 is 0. The third-order valence-corrected chi connectivity index (χ3v) is 3.19. The lowest BCUT2D eigenvalue weighted by atomic mass is 9.84. The molecule has 0 saturated carbocycles. The first-order valence-electron chi connectivity index (χ1n) is 6.52. The van der Waals surface area contributed by atoms with E-state index in [0.717, 1.165) is 6.42 Å². The predicted octanol–water partition coefficient (Wildman–Crippen LogP) is 5.37. The molecule has 1 aliphatic rings. The maximum absolute atomic E-state index is 3.76. The smallest absolute Gasteiger partial charge is 0.00536 e. The van der Waals surface area contributed by atoms with Gasteiger partial charge in [-0.15, -0.1) is 0 Å². The largest absolute Gasteiger partial charge is 0.0991 e. The van der Waals surface area contributed by atoms with Crippen molar-refractivity contribution < 1.29 is 0 Å². The zero-order valence-electron chi connectivity index (χ0n) is 11.4. The van der Waals surface area contributed by atoms with Crippen LogP contribution >= 0.6 is 0 Å². The molecule has 0 nitrogen and oxygen atoms in total. The Hall–Kier alpha value is -1.30. The predicted molar refractivity (Wildman–Crippen MR) is 77.9 cm³/mol. The van der Waals surface area contributed by atoms with Gasteiger partial charge >= 0.3 is 0 Å². The summed E-state index contributed by atoms with van der Waals surface area (Å²) in [4.78, 5) is 0. The van der Waals surface area contributed by atoms with Crippen molar-refractivity contribution in [3.05, 3.63) is 59.8 Å². The van der Waals surface area contributed by atoms with Crippen LogP contribution < -0.4 is 0 Å². The summed E-state index contributed by atoms with van der Waals surface area (Å²) in [6, 6.07) is 0. The van der Waals surface area contributed by atoms with Crippen LogP contribution in [-0.2, 0) is 0 Å². The van der Waals surface area contributed by atoms with Gasteiger partial charge in [-0.05, 0) is 32.3 Å². The van der Waals surface area contributed by atoms with Crippen LogP contribution in [0.2, 0.25) is 0 Å². The van der Waals surface area contributed by atoms with E-state index in [9.17, 15) is 0 Å². The van der Waals surface area contributed by atoms with Crippen molar-refractivity contribution in [2.45, 2.75) is 40.0 Å². The molecule has 1 atom stereocenters. The minimum atomic E-state index is 0.580. The van der Waals surface area contributed by atoms with E-state index in [1.54, 1.807) is 5.57 Å². The van der Waals surface area contributed by atoms with Crippen molar-refractivity contribution in [1.82, 2.24) is 0 Å². The maximum Gasteiger partial charge on any atom is 0.00536 e. The van der Waals surface area contributed by atoms with E-state index < -0.39 is 0 Å². The van der Waals surface area contributed by atoms with Gasteiger partial charge < -0.3 is 0 Å². The van der Waals surface area contributed by atoms with Crippen molar-refractivity contribution in [3.63, 3.8) is 0 Å². The summed E-state index contributed by atoms with van der Waals surface area (Å²) in [6.07, 6.45) is 16.4. The van der Waals surface area contributed by atoms with Crippen molar-refractivity contribution in [2.75, 3.05) is 0 Å². The molecular weight excluding hydrogens is 204 g/mol. The fraction of sp³-hybridized carbons (Fsp3) is 0.412. The Labute approximate surface area is 106 Å². The van der Waals surface area contributed by atoms with Crippen LogP contribution in [0, 0.1) is 5.92 Å². The Balaban J connectivity index is 2.98. The van der Waals surface area contributed by atoms with Crippen molar-refractivity contribution in [1.29, 1.82) is 0 Å². The molecule has 1 rings (SSSR count). The van der Waals surface area contributed by atoms with E-state index in [1.807, 2.05) is 12.2 Å². The maximum atomic E-state index is 3.76. The van der Waals surface area contributed by atoms with Crippen LogP contribution in [0.15, 0.2) is 59.8 Å². The fourth-order valence-corrected chi connectivity index (χ4v) is 2.35. The standard InChI is InChI=1S/C17H24/c1-5-7-13-16(14(3)4)17(10-6-2)15-11-8-9-12-15/h5,7-9,11,13,17H,1,6,10,12H2,2-4H3/b13-7-. The van der Waals surface area contributed by atoms with Crippen LogP contribution in [0.25, 0.3) is 0 Å². The Morgan fingerprint density at radius 2 is 2.24 bits per heavy atom. The molecule has 17 heavy (non-hydrogen) atoms. The van der Waals surface area contributed by atoms with Crippen LogP contribution in [0.4, 0.5) is 0 Å². The molecule has 0 heteroatoms. The molecule has 0 heterocycles. The lowest BCUT2D eigenvalue weighted by Crippen LogP contribution is -2.07. The summed E-state index contributed by atoms with van der Waals surface area (Å²) in [5.74, 6) is 0.580. The molecule has 0 aromatic rings. The number of hydrogen-bond donors (Lipinski definition) is 0. The molecule has 0 spiro atoms. The van der Waals surface area contributed by atoms with Crippen LogP contribution in [0.3, 0.4) is 0 Å². The number of allylic oxidation sites excluding steroid dienone is 9. The van der Waals surface area contributed by atoms with Gasteiger partial charge in [-0.25, -0.2) is 0 Å². The van der Waals surface area contributed by atoms with Gasteiger partial charge in [0, 0.05) is 5.92 Å². The SMILES string of the molecule is C=C/C=C\C(=C(C)C)C(CCC)C1=CC=CC1. The average Bonchev–Trinajstić information content (AvgIpc) is 2.81. The monoisotopic (exact) mass is 228 g/mol. The summed E-state index contributed by atoms with van der Waals surface area (Å²) in [5, 5.41) is 0. The van der Waals surface area contributed by atoms with Gasteiger partial charge in [0.05, 0.1) is 0 Å². The average molecular weight is 228 g/mol. The van der Waals surface area contributed by atoms with Gasteiger partial charge in [0.2, 0.25) is 0 Å². The Morgan fingerprint density at radius 3 is 2.71 bits per heavy atom. The van der Waals surface area contributed by atoms with E-state index in [1.165, 1.54) is 24.0 Å². The molecule has 0 aromatic heterocycles. The first kappa shape index (κ1) is 13.8. The zero-order valence-corrected chi connectivity index (χ0v) is 11.4. The topological polar surface area (TPSA) is 0 Å². The highest BCUT2D eigenvalue weighted by molar-refractivity contribution is 5.38. The third kappa shape index (κ3) is 3.89. The molecule has 0 saturated heterocycles. The van der Waals surface area contributed by atoms with Crippen LogP contribution in [0.5, 0.6) is 0 Å². The van der Waals surface area contributed by atoms with Crippen LogP contribution in [0.1, 0.15) is 40.0 Å². The minimum Gasteiger partial charge on any atom is -0.0991 e. The Kier molecular flexibility index (Phi) is 5.76. The second-order valence-electron chi connectivity index (χ2n) is 4.77. The molecule has 0 N–H and O–H groups in total.